The Balaban J connectivity index is 2.36. The van der Waals surface area contributed by atoms with Crippen LogP contribution in [-0.2, 0) is 9.53 Å². The first-order chi connectivity index (χ1) is 12.0. The number of ether oxygens (including phenoxy) is 1. The molecule has 0 radical (unpaired) electrons. The Hall–Kier alpha value is -1.13. The number of carbonyl (C=O) groups excluding carboxylic acids is 1. The molecule has 2 aliphatic rings. The Morgan fingerprint density at radius 1 is 1.31 bits per heavy atom. The molecule has 0 aromatic heterocycles. The second kappa shape index (κ2) is 7.47. The molecule has 0 aliphatic heterocycles. The molecule has 26 heavy (non-hydrogen) atoms. The molecule has 2 aliphatic carbocycles. The van der Waals surface area contributed by atoms with Crippen molar-refractivity contribution in [1.29, 1.82) is 0 Å². The average molecular weight is 365 g/mol. The van der Waals surface area contributed by atoms with Gasteiger partial charge in [0, 0.05) is 18.8 Å². The molecular weight excluding hydrogens is 328 g/mol. The highest BCUT2D eigenvalue weighted by atomic mass is 16.5. The summed E-state index contributed by atoms with van der Waals surface area (Å²) in [5, 5.41) is 22.2. The molecule has 0 saturated heterocycles. The topological polar surface area (TPSA) is 66.8 Å². The number of hydrogen-bond donors (Lipinski definition) is 2. The highest BCUT2D eigenvalue weighted by Crippen LogP contribution is 2.63. The largest absolute Gasteiger partial charge is 0.465 e. The fourth-order valence-electron chi connectivity index (χ4n) is 6.17. The molecule has 0 heterocycles. The van der Waals surface area contributed by atoms with Crippen molar-refractivity contribution < 1.29 is 19.7 Å². The van der Waals surface area contributed by atoms with Gasteiger partial charge in [-0.3, -0.25) is 4.79 Å². The molecule has 4 heteroatoms. The molecule has 2 rings (SSSR count). The van der Waals surface area contributed by atoms with E-state index in [0.717, 1.165) is 37.7 Å². The highest BCUT2D eigenvalue weighted by Gasteiger charge is 2.62. The van der Waals surface area contributed by atoms with E-state index in [0.29, 0.717) is 13.0 Å². The lowest BCUT2D eigenvalue weighted by Gasteiger charge is -2.63. The maximum atomic E-state index is 11.4. The lowest BCUT2D eigenvalue weighted by Crippen LogP contribution is -2.64. The van der Waals surface area contributed by atoms with Crippen LogP contribution in [0.4, 0.5) is 0 Å². The average Bonchev–Trinajstić information content (AvgIpc) is 2.50. The molecule has 2 fully saturated rings. The lowest BCUT2D eigenvalue weighted by atomic mass is 9.44. The van der Waals surface area contributed by atoms with E-state index in [9.17, 15) is 15.0 Å². The predicted molar refractivity (Wildman–Crippen MR) is 103 cm³/mol. The number of allylic oxidation sites excluding steroid dienone is 2. The van der Waals surface area contributed by atoms with Gasteiger partial charge in [-0.25, -0.2) is 0 Å². The molecule has 0 amide bonds. The SMILES string of the molecule is C=CC(=C)CCC1C(C)(O)CC(O)C2C(C)(COC(C)=O)CCCC12C. The van der Waals surface area contributed by atoms with Gasteiger partial charge >= 0.3 is 5.97 Å². The van der Waals surface area contributed by atoms with Gasteiger partial charge < -0.3 is 14.9 Å². The van der Waals surface area contributed by atoms with E-state index in [1.54, 1.807) is 6.08 Å². The molecule has 0 aromatic rings. The summed E-state index contributed by atoms with van der Waals surface area (Å²) in [5.41, 5.74) is -0.435. The monoisotopic (exact) mass is 364 g/mol. The number of aliphatic hydroxyl groups is 2. The second-order valence-corrected chi connectivity index (χ2v) is 9.35. The summed E-state index contributed by atoms with van der Waals surface area (Å²) in [6.45, 7) is 15.8. The summed E-state index contributed by atoms with van der Waals surface area (Å²) in [6.07, 6.45) is 6.04. The Labute approximate surface area is 158 Å². The van der Waals surface area contributed by atoms with Crippen LogP contribution in [0.3, 0.4) is 0 Å². The molecule has 6 atom stereocenters. The van der Waals surface area contributed by atoms with Gasteiger partial charge in [0.1, 0.15) is 0 Å². The van der Waals surface area contributed by atoms with E-state index in [1.165, 1.54) is 6.92 Å². The maximum absolute atomic E-state index is 11.4. The summed E-state index contributed by atoms with van der Waals surface area (Å²) in [4.78, 5) is 11.4. The number of carbonyl (C=O) groups is 1. The molecule has 148 valence electrons. The minimum absolute atomic E-state index is 0.00896. The summed E-state index contributed by atoms with van der Waals surface area (Å²) < 4.78 is 5.39. The smallest absolute Gasteiger partial charge is 0.302 e. The van der Waals surface area contributed by atoms with Crippen LogP contribution >= 0.6 is 0 Å². The molecule has 0 aromatic carbocycles. The zero-order valence-electron chi connectivity index (χ0n) is 16.9. The number of hydrogen-bond acceptors (Lipinski definition) is 4. The van der Waals surface area contributed by atoms with Crippen molar-refractivity contribution in [2.24, 2.45) is 22.7 Å². The van der Waals surface area contributed by atoms with Gasteiger partial charge in [0.05, 0.1) is 18.3 Å². The van der Waals surface area contributed by atoms with Gasteiger partial charge in [-0.15, -0.1) is 0 Å². The lowest BCUT2D eigenvalue weighted by molar-refractivity contribution is -0.225. The van der Waals surface area contributed by atoms with Gasteiger partial charge in [-0.05, 0) is 49.9 Å². The van der Waals surface area contributed by atoms with Crippen molar-refractivity contribution in [3.05, 3.63) is 24.8 Å². The fourth-order valence-corrected chi connectivity index (χ4v) is 6.17. The van der Waals surface area contributed by atoms with Crippen molar-refractivity contribution in [1.82, 2.24) is 0 Å². The van der Waals surface area contributed by atoms with Crippen LogP contribution in [0.2, 0.25) is 0 Å². The molecule has 0 spiro atoms. The fraction of sp³-hybridized carbons (Fsp3) is 0.773. The van der Waals surface area contributed by atoms with Gasteiger partial charge in [-0.2, -0.15) is 0 Å². The van der Waals surface area contributed by atoms with Crippen LogP contribution < -0.4 is 0 Å². The van der Waals surface area contributed by atoms with Crippen molar-refractivity contribution in [2.75, 3.05) is 6.61 Å². The normalized spacial score (nSPS) is 42.6. The number of rotatable bonds is 6. The molecule has 4 nitrogen and oxygen atoms in total. The van der Waals surface area contributed by atoms with Crippen LogP contribution in [0.5, 0.6) is 0 Å². The standard InChI is InChI=1S/C22H36O4/c1-7-15(2)9-10-18-21(5)12-8-11-20(4,14-26-16(3)23)19(21)17(24)13-22(18,6)25/h7,17-19,24-25H,1-2,8-14H2,3-6H3. The number of aliphatic hydroxyl groups excluding tert-OH is 1. The van der Waals surface area contributed by atoms with Crippen LogP contribution in [0.15, 0.2) is 24.8 Å². The van der Waals surface area contributed by atoms with Crippen LogP contribution in [0.1, 0.15) is 66.2 Å². The zero-order valence-corrected chi connectivity index (χ0v) is 16.9. The van der Waals surface area contributed by atoms with E-state index in [2.05, 4.69) is 27.0 Å². The van der Waals surface area contributed by atoms with Crippen LogP contribution in [0, 0.1) is 22.7 Å². The molecule has 2 N–H and O–H groups in total. The van der Waals surface area contributed by atoms with Gasteiger partial charge in [0.2, 0.25) is 0 Å². The first-order valence-electron chi connectivity index (χ1n) is 9.80. The Bertz CT molecular complexity index is 566. The van der Waals surface area contributed by atoms with E-state index < -0.39 is 11.7 Å². The third kappa shape index (κ3) is 3.91. The highest BCUT2D eigenvalue weighted by molar-refractivity contribution is 5.65. The minimum Gasteiger partial charge on any atom is -0.465 e. The van der Waals surface area contributed by atoms with E-state index in [4.69, 9.17) is 4.74 Å². The van der Waals surface area contributed by atoms with Crippen molar-refractivity contribution in [3.8, 4) is 0 Å². The quantitative estimate of drug-likeness (QED) is 0.552. The van der Waals surface area contributed by atoms with Crippen LogP contribution in [0.25, 0.3) is 0 Å². The summed E-state index contributed by atoms with van der Waals surface area (Å²) in [7, 11) is 0. The summed E-state index contributed by atoms with van der Waals surface area (Å²) in [5.74, 6) is -0.239. The van der Waals surface area contributed by atoms with E-state index in [-0.39, 0.29) is 28.6 Å². The minimum atomic E-state index is -0.925. The number of esters is 1. The third-order valence-electron chi connectivity index (χ3n) is 7.13. The summed E-state index contributed by atoms with van der Waals surface area (Å²) in [6, 6.07) is 0. The summed E-state index contributed by atoms with van der Waals surface area (Å²) >= 11 is 0. The predicted octanol–water partition coefficient (Wildman–Crippen LogP) is 4.02. The van der Waals surface area contributed by atoms with Crippen molar-refractivity contribution in [3.63, 3.8) is 0 Å². The van der Waals surface area contributed by atoms with Gasteiger partial charge in [-0.1, -0.05) is 45.1 Å². The Morgan fingerprint density at radius 3 is 2.54 bits per heavy atom. The van der Waals surface area contributed by atoms with E-state index >= 15 is 0 Å². The van der Waals surface area contributed by atoms with E-state index in [1.807, 2.05) is 6.92 Å². The first kappa shape index (κ1) is 21.2. The Kier molecular flexibility index (Phi) is 6.09. The van der Waals surface area contributed by atoms with Crippen molar-refractivity contribution in [2.45, 2.75) is 77.9 Å². The third-order valence-corrected chi connectivity index (χ3v) is 7.13. The van der Waals surface area contributed by atoms with Crippen LogP contribution in [-0.4, -0.2) is 34.5 Å². The molecule has 6 unspecified atom stereocenters. The van der Waals surface area contributed by atoms with Gasteiger partial charge in [0.15, 0.2) is 0 Å². The molecule has 0 bridgehead atoms. The second-order valence-electron chi connectivity index (χ2n) is 9.35. The van der Waals surface area contributed by atoms with Crippen molar-refractivity contribution >= 4 is 5.97 Å². The van der Waals surface area contributed by atoms with Gasteiger partial charge in [0.25, 0.3) is 0 Å². The maximum Gasteiger partial charge on any atom is 0.302 e. The Morgan fingerprint density at radius 2 is 1.96 bits per heavy atom. The zero-order chi connectivity index (χ0) is 19.8. The molecular formula is C22H36O4. The molecule has 2 saturated carbocycles. The first-order valence-corrected chi connectivity index (χ1v) is 9.80. The number of fused-ring (bicyclic) bond motifs is 1.